The molecule has 198 valence electrons. The van der Waals surface area contributed by atoms with E-state index in [0.717, 1.165) is 32.0 Å². The van der Waals surface area contributed by atoms with Crippen LogP contribution in [-0.4, -0.2) is 63.4 Å². The number of allylic oxidation sites excluding steroid dienone is 2. The predicted octanol–water partition coefficient (Wildman–Crippen LogP) is 6.88. The van der Waals surface area contributed by atoms with Gasteiger partial charge in [-0.15, -0.1) is 0 Å². The molecule has 3 aliphatic carbocycles. The highest BCUT2D eigenvalue weighted by Gasteiger charge is 2.34. The molecule has 1 spiro atoms. The number of anilines is 2. The van der Waals surface area contributed by atoms with E-state index in [-0.39, 0.29) is 0 Å². The lowest BCUT2D eigenvalue weighted by atomic mass is 9.65. The first-order chi connectivity index (χ1) is 17.7. The molecule has 5 aliphatic rings. The van der Waals surface area contributed by atoms with Crippen LogP contribution in [0.1, 0.15) is 95.5 Å². The highest BCUT2D eigenvalue weighted by atomic mass is 16.5. The van der Waals surface area contributed by atoms with Gasteiger partial charge in [-0.2, -0.15) is 0 Å². The summed E-state index contributed by atoms with van der Waals surface area (Å²) in [5, 5.41) is 0. The number of ether oxygens (including phenoxy) is 1. The fraction of sp³-hybridized carbons (Fsp3) is 0.750. The Bertz CT molecular complexity index is 898. The molecule has 0 amide bonds. The van der Waals surface area contributed by atoms with Gasteiger partial charge in [0.25, 0.3) is 0 Å². The minimum Gasteiger partial charge on any atom is -0.381 e. The molecule has 36 heavy (non-hydrogen) atoms. The Kier molecular flexibility index (Phi) is 7.63. The van der Waals surface area contributed by atoms with E-state index in [1.54, 1.807) is 11.1 Å². The van der Waals surface area contributed by atoms with E-state index < -0.39 is 0 Å². The van der Waals surface area contributed by atoms with Gasteiger partial charge >= 0.3 is 0 Å². The molecule has 4 nitrogen and oxygen atoms in total. The van der Waals surface area contributed by atoms with Gasteiger partial charge in [-0.3, -0.25) is 4.90 Å². The normalized spacial score (nSPS) is 26.5. The van der Waals surface area contributed by atoms with E-state index >= 15 is 0 Å². The van der Waals surface area contributed by atoms with Crippen LogP contribution >= 0.6 is 0 Å². The van der Waals surface area contributed by atoms with Crippen LogP contribution in [0.5, 0.6) is 0 Å². The van der Waals surface area contributed by atoms with Crippen molar-refractivity contribution in [1.29, 1.82) is 0 Å². The lowest BCUT2D eigenvalue weighted by Crippen LogP contribution is -2.50. The van der Waals surface area contributed by atoms with Crippen LogP contribution in [0, 0.1) is 5.41 Å². The molecule has 2 saturated heterocycles. The summed E-state index contributed by atoms with van der Waals surface area (Å²) in [6.07, 6.45) is 22.4. The maximum Gasteiger partial charge on any atom is 0.0605 e. The van der Waals surface area contributed by atoms with E-state index in [2.05, 4.69) is 39.0 Å². The van der Waals surface area contributed by atoms with E-state index in [1.165, 1.54) is 115 Å². The molecule has 2 aliphatic heterocycles. The van der Waals surface area contributed by atoms with Crippen molar-refractivity contribution < 1.29 is 4.74 Å². The quantitative estimate of drug-likeness (QED) is 0.447. The van der Waals surface area contributed by atoms with Crippen LogP contribution < -0.4 is 9.80 Å². The lowest BCUT2D eigenvalue weighted by Gasteiger charge is -2.42. The highest BCUT2D eigenvalue weighted by Crippen LogP contribution is 2.49. The number of hydrogen-bond donors (Lipinski definition) is 0. The summed E-state index contributed by atoms with van der Waals surface area (Å²) in [6.45, 7) is 7.05. The highest BCUT2D eigenvalue weighted by molar-refractivity contribution is 5.80. The summed E-state index contributed by atoms with van der Waals surface area (Å²) in [5.41, 5.74) is 6.72. The molecule has 0 aromatic heterocycles. The Hall–Kier alpha value is -1.52. The summed E-state index contributed by atoms with van der Waals surface area (Å²) < 4.78 is 5.65. The Balaban J connectivity index is 1.23. The molecule has 0 bridgehead atoms. The minimum atomic E-state index is 0.434. The second-order valence-corrected chi connectivity index (χ2v) is 12.6. The number of methoxy groups -OCH3 is 1. The van der Waals surface area contributed by atoms with Crippen LogP contribution in [0.15, 0.2) is 24.3 Å². The second-order valence-electron chi connectivity index (χ2n) is 12.6. The zero-order valence-corrected chi connectivity index (χ0v) is 22.9. The fourth-order valence-corrected chi connectivity index (χ4v) is 8.14. The molecule has 0 unspecified atom stereocenters. The van der Waals surface area contributed by atoms with Crippen molar-refractivity contribution in [2.75, 3.05) is 56.2 Å². The molecule has 1 aromatic rings. The van der Waals surface area contributed by atoms with Crippen molar-refractivity contribution in [2.45, 2.75) is 102 Å². The summed E-state index contributed by atoms with van der Waals surface area (Å²) in [6, 6.07) is 8.32. The zero-order valence-electron chi connectivity index (χ0n) is 22.9. The van der Waals surface area contributed by atoms with Gasteiger partial charge in [0, 0.05) is 69.4 Å². The van der Waals surface area contributed by atoms with E-state index in [1.807, 2.05) is 7.11 Å². The molecule has 0 atom stereocenters. The van der Waals surface area contributed by atoms with Crippen LogP contribution in [0.4, 0.5) is 11.4 Å². The third-order valence-corrected chi connectivity index (χ3v) is 10.6. The average Bonchev–Trinajstić information content (AvgIpc) is 3.49. The van der Waals surface area contributed by atoms with Gasteiger partial charge < -0.3 is 14.5 Å². The van der Waals surface area contributed by atoms with Gasteiger partial charge in [-0.1, -0.05) is 38.2 Å². The predicted molar refractivity (Wildman–Crippen MR) is 152 cm³/mol. The number of piperidine rings is 1. The first-order valence-corrected chi connectivity index (χ1v) is 15.3. The third-order valence-electron chi connectivity index (χ3n) is 10.6. The summed E-state index contributed by atoms with van der Waals surface area (Å²) in [4.78, 5) is 8.12. The van der Waals surface area contributed by atoms with Crippen molar-refractivity contribution in [3.05, 3.63) is 29.8 Å². The monoisotopic (exact) mass is 491 g/mol. The number of piperazine rings is 1. The van der Waals surface area contributed by atoms with Crippen LogP contribution in [0.25, 0.3) is 5.57 Å². The molecule has 4 heteroatoms. The topological polar surface area (TPSA) is 19.0 Å². The minimum absolute atomic E-state index is 0.434. The number of benzene rings is 1. The maximum atomic E-state index is 5.65. The Labute approximate surface area is 220 Å². The van der Waals surface area contributed by atoms with Crippen LogP contribution in [0.2, 0.25) is 0 Å². The van der Waals surface area contributed by atoms with Crippen LogP contribution in [0.3, 0.4) is 0 Å². The lowest BCUT2D eigenvalue weighted by molar-refractivity contribution is 0.0819. The average molecular weight is 492 g/mol. The number of rotatable bonds is 5. The van der Waals surface area contributed by atoms with Crippen molar-refractivity contribution >= 4 is 16.9 Å². The molecule has 0 N–H and O–H groups in total. The molecule has 4 fully saturated rings. The fourth-order valence-electron chi connectivity index (χ4n) is 8.14. The van der Waals surface area contributed by atoms with Gasteiger partial charge in [0.15, 0.2) is 0 Å². The Morgan fingerprint density at radius 1 is 0.778 bits per heavy atom. The molecule has 6 rings (SSSR count). The van der Waals surface area contributed by atoms with Gasteiger partial charge in [0.2, 0.25) is 0 Å². The molecular formula is C32H49N3O. The van der Waals surface area contributed by atoms with E-state index in [0.29, 0.717) is 11.5 Å². The molecule has 0 radical (unpaired) electrons. The summed E-state index contributed by atoms with van der Waals surface area (Å²) >= 11 is 0. The number of hydrogen-bond acceptors (Lipinski definition) is 4. The Morgan fingerprint density at radius 3 is 2.19 bits per heavy atom. The maximum absolute atomic E-state index is 5.65. The van der Waals surface area contributed by atoms with Crippen molar-refractivity contribution in [3.8, 4) is 0 Å². The van der Waals surface area contributed by atoms with Crippen molar-refractivity contribution in [3.63, 3.8) is 0 Å². The van der Waals surface area contributed by atoms with Gasteiger partial charge in [-0.05, 0) is 87.0 Å². The van der Waals surface area contributed by atoms with Gasteiger partial charge in [0.05, 0.1) is 6.10 Å². The smallest absolute Gasteiger partial charge is 0.0605 e. The third kappa shape index (κ3) is 5.23. The second kappa shape index (κ2) is 11.1. The summed E-state index contributed by atoms with van der Waals surface area (Å²) in [7, 11) is 1.87. The first-order valence-electron chi connectivity index (χ1n) is 15.3. The molecule has 1 aromatic carbocycles. The van der Waals surface area contributed by atoms with E-state index in [4.69, 9.17) is 4.74 Å². The van der Waals surface area contributed by atoms with Crippen LogP contribution in [-0.2, 0) is 4.74 Å². The Morgan fingerprint density at radius 2 is 1.53 bits per heavy atom. The first kappa shape index (κ1) is 24.8. The molecular weight excluding hydrogens is 442 g/mol. The molecule has 2 heterocycles. The standard InChI is InChI=1S/C32H49N3O/c1-36-29-13-19-33(20-14-29)28-9-10-31(35-23-21-34(22-24-35)27-7-3-4-8-27)30(25-28)26-11-17-32(18-12-26)15-5-2-6-16-32/h9-11,25,27,29H,2-8,12-24H2,1H3. The van der Waals surface area contributed by atoms with Crippen molar-refractivity contribution in [2.24, 2.45) is 5.41 Å². The van der Waals surface area contributed by atoms with E-state index in [9.17, 15) is 0 Å². The van der Waals surface area contributed by atoms with Gasteiger partial charge in [0.1, 0.15) is 0 Å². The zero-order chi connectivity index (χ0) is 24.4. The largest absolute Gasteiger partial charge is 0.381 e. The SMILES string of the molecule is COC1CCN(c2ccc(N3CCN(C4CCCC4)CC3)c(C3=CCC4(CCCCC4)CC3)c2)CC1. The number of nitrogens with zero attached hydrogens (tertiary/aromatic N) is 3. The molecule has 2 saturated carbocycles. The summed E-state index contributed by atoms with van der Waals surface area (Å²) in [5.74, 6) is 0. The van der Waals surface area contributed by atoms with Gasteiger partial charge in [-0.25, -0.2) is 0 Å². The van der Waals surface area contributed by atoms with Crippen molar-refractivity contribution in [1.82, 2.24) is 4.90 Å².